The monoisotopic (exact) mass is 462 g/mol. The van der Waals surface area contributed by atoms with Crippen molar-refractivity contribution in [1.29, 1.82) is 0 Å². The molecule has 6 rings (SSSR count). The molecule has 3 aromatic rings. The number of hydrogen-bond donors (Lipinski definition) is 4. The molecule has 4 heterocycles. The number of ether oxygens (including phenoxy) is 1. The van der Waals surface area contributed by atoms with Crippen LogP contribution < -0.4 is 15.5 Å². The summed E-state index contributed by atoms with van der Waals surface area (Å²) in [4.78, 5) is 27.4. The number of aromatic nitrogens is 3. The zero-order chi connectivity index (χ0) is 23.2. The van der Waals surface area contributed by atoms with Crippen LogP contribution in [-0.4, -0.2) is 71.0 Å². The van der Waals surface area contributed by atoms with E-state index in [1.807, 2.05) is 24.3 Å². The average Bonchev–Trinajstić information content (AvgIpc) is 3.29. The van der Waals surface area contributed by atoms with Crippen LogP contribution in [0.4, 0.5) is 11.5 Å². The minimum Gasteiger partial charge on any atom is -0.380 e. The molecule has 1 amide bonds. The number of carbonyl (C=O) groups is 1. The lowest BCUT2D eigenvalue weighted by Gasteiger charge is -2.49. The number of nitrogens with zero attached hydrogens (tertiary/aromatic N) is 3. The molecular weight excluding hydrogens is 432 g/mol. The lowest BCUT2D eigenvalue weighted by atomic mass is 9.65. The molecule has 34 heavy (non-hydrogen) atoms. The number of H-pyrrole nitrogens is 1. The maximum absolute atomic E-state index is 12.9. The molecule has 1 aliphatic carbocycles. The second-order valence-corrected chi connectivity index (χ2v) is 9.91. The molecule has 0 unspecified atom stereocenters. The van der Waals surface area contributed by atoms with Gasteiger partial charge in [-0.1, -0.05) is 12.1 Å². The smallest absolute Gasteiger partial charge is 0.256 e. The Morgan fingerprint density at radius 3 is 2.47 bits per heavy atom. The van der Waals surface area contributed by atoms with Crippen LogP contribution in [0.15, 0.2) is 36.7 Å². The lowest BCUT2D eigenvalue weighted by molar-refractivity contribution is -0.141. The summed E-state index contributed by atoms with van der Waals surface area (Å²) in [5.41, 5.74) is 2.40. The molecular formula is C25H30N6O3. The van der Waals surface area contributed by atoms with Gasteiger partial charge < -0.3 is 30.4 Å². The van der Waals surface area contributed by atoms with Crippen molar-refractivity contribution in [3.05, 3.63) is 36.7 Å². The summed E-state index contributed by atoms with van der Waals surface area (Å²) in [5.74, 6) is 0.610. The van der Waals surface area contributed by atoms with Crippen molar-refractivity contribution < 1.29 is 14.6 Å². The van der Waals surface area contributed by atoms with Gasteiger partial charge in [-0.3, -0.25) is 4.79 Å². The van der Waals surface area contributed by atoms with E-state index in [0.29, 0.717) is 37.2 Å². The van der Waals surface area contributed by atoms with Crippen molar-refractivity contribution in [3.63, 3.8) is 0 Å². The van der Waals surface area contributed by atoms with Gasteiger partial charge in [0.2, 0.25) is 0 Å². The molecule has 9 nitrogen and oxygen atoms in total. The van der Waals surface area contributed by atoms with E-state index in [1.165, 1.54) is 0 Å². The van der Waals surface area contributed by atoms with Gasteiger partial charge in [-0.05, 0) is 54.9 Å². The number of morpholine rings is 1. The third-order valence-corrected chi connectivity index (χ3v) is 7.73. The Morgan fingerprint density at radius 1 is 1.06 bits per heavy atom. The number of benzene rings is 1. The van der Waals surface area contributed by atoms with Crippen molar-refractivity contribution in [2.24, 2.45) is 5.41 Å². The topological polar surface area (TPSA) is 115 Å². The number of fused-ring (bicyclic) bond motifs is 1. The number of rotatable bonds is 4. The van der Waals surface area contributed by atoms with Crippen molar-refractivity contribution in [3.8, 4) is 11.3 Å². The number of anilines is 2. The first kappa shape index (κ1) is 21.5. The maximum Gasteiger partial charge on any atom is 0.256 e. The average molecular weight is 463 g/mol. The van der Waals surface area contributed by atoms with Crippen molar-refractivity contribution in [2.75, 3.05) is 49.6 Å². The Hall–Kier alpha value is -3.01. The summed E-state index contributed by atoms with van der Waals surface area (Å²) < 4.78 is 5.47. The van der Waals surface area contributed by atoms with Crippen molar-refractivity contribution in [1.82, 2.24) is 20.3 Å². The summed E-state index contributed by atoms with van der Waals surface area (Å²) in [5, 5.41) is 18.2. The highest BCUT2D eigenvalue weighted by Gasteiger charge is 2.48. The predicted molar refractivity (Wildman–Crippen MR) is 130 cm³/mol. The van der Waals surface area contributed by atoms with E-state index in [0.717, 1.165) is 67.1 Å². The van der Waals surface area contributed by atoms with Crippen molar-refractivity contribution in [2.45, 2.75) is 31.3 Å². The first-order valence-corrected chi connectivity index (χ1v) is 12.1. The molecule has 2 aromatic heterocycles. The Kier molecular flexibility index (Phi) is 5.28. The zero-order valence-electron chi connectivity index (χ0n) is 19.1. The molecule has 9 heteroatoms. The van der Waals surface area contributed by atoms with Gasteiger partial charge >= 0.3 is 0 Å². The van der Waals surface area contributed by atoms with Gasteiger partial charge in [0.15, 0.2) is 0 Å². The first-order valence-electron chi connectivity index (χ1n) is 12.1. The molecule has 2 aliphatic heterocycles. The molecule has 3 fully saturated rings. The van der Waals surface area contributed by atoms with Gasteiger partial charge in [0.25, 0.3) is 5.91 Å². The van der Waals surface area contributed by atoms with E-state index in [1.54, 1.807) is 6.33 Å². The van der Waals surface area contributed by atoms with Gasteiger partial charge in [0.05, 0.1) is 18.6 Å². The number of hydrogen-bond acceptors (Lipinski definition) is 7. The summed E-state index contributed by atoms with van der Waals surface area (Å²) in [6.45, 7) is 5.02. The van der Waals surface area contributed by atoms with Gasteiger partial charge in [0.1, 0.15) is 23.4 Å². The largest absolute Gasteiger partial charge is 0.380 e. The molecule has 1 saturated carbocycles. The molecule has 0 radical (unpaired) electrons. The molecule has 0 atom stereocenters. The van der Waals surface area contributed by atoms with Gasteiger partial charge in [-0.2, -0.15) is 0 Å². The predicted octanol–water partition coefficient (Wildman–Crippen LogP) is 2.29. The second-order valence-electron chi connectivity index (χ2n) is 9.91. The van der Waals surface area contributed by atoms with Gasteiger partial charge in [-0.25, -0.2) is 9.97 Å². The van der Waals surface area contributed by atoms with Gasteiger partial charge in [-0.15, -0.1) is 0 Å². The Balaban J connectivity index is 1.16. The van der Waals surface area contributed by atoms with E-state index >= 15 is 0 Å². The third kappa shape index (κ3) is 3.83. The number of carbonyl (C=O) groups excluding carboxylic acids is 1. The van der Waals surface area contributed by atoms with E-state index < -0.39 is 5.60 Å². The Labute approximate surface area is 197 Å². The third-order valence-electron chi connectivity index (χ3n) is 7.73. The fraction of sp³-hybridized carbons (Fsp3) is 0.480. The fourth-order valence-electron chi connectivity index (χ4n) is 5.34. The van der Waals surface area contributed by atoms with E-state index in [4.69, 9.17) is 4.74 Å². The minimum absolute atomic E-state index is 0.291. The van der Waals surface area contributed by atoms with E-state index in [2.05, 4.69) is 36.6 Å². The normalized spacial score (nSPS) is 21.4. The van der Waals surface area contributed by atoms with Crippen molar-refractivity contribution >= 4 is 28.4 Å². The first-order chi connectivity index (χ1) is 16.5. The number of aromatic amines is 1. The highest BCUT2D eigenvalue weighted by molar-refractivity contribution is 5.97. The standard InChI is InChI=1S/C25H30N6O3/c32-23(25(33)7-5-24(6-8-25)14-26-15-24)29-18-3-1-17(2-4-18)20-13-19-21(30-20)27-16-28-22(19)31-9-11-34-12-10-31/h1-4,13,16,26,33H,5-12,14-15H2,(H,29,32)(H,27,28,30). The van der Waals surface area contributed by atoms with E-state index in [-0.39, 0.29) is 5.91 Å². The molecule has 1 aromatic carbocycles. The van der Waals surface area contributed by atoms with Gasteiger partial charge in [0, 0.05) is 37.6 Å². The van der Waals surface area contributed by atoms with Crippen LogP contribution in [-0.2, 0) is 9.53 Å². The summed E-state index contributed by atoms with van der Waals surface area (Å²) in [7, 11) is 0. The van der Waals surface area contributed by atoms with E-state index in [9.17, 15) is 9.90 Å². The van der Waals surface area contributed by atoms with Crippen LogP contribution in [0.5, 0.6) is 0 Å². The molecule has 178 valence electrons. The molecule has 3 aliphatic rings. The zero-order valence-corrected chi connectivity index (χ0v) is 19.1. The number of amides is 1. The molecule has 0 bridgehead atoms. The second kappa shape index (κ2) is 8.33. The molecule has 1 spiro atoms. The number of nitrogens with one attached hydrogen (secondary N) is 3. The van der Waals surface area contributed by atoms with Crippen LogP contribution >= 0.6 is 0 Å². The van der Waals surface area contributed by atoms with Crippen LogP contribution in [0.25, 0.3) is 22.3 Å². The van der Waals surface area contributed by atoms with Crippen LogP contribution in [0.2, 0.25) is 0 Å². The Morgan fingerprint density at radius 2 is 1.79 bits per heavy atom. The highest BCUT2D eigenvalue weighted by Crippen LogP contribution is 2.43. The van der Waals surface area contributed by atoms with Crippen LogP contribution in [0, 0.1) is 5.41 Å². The fourth-order valence-corrected chi connectivity index (χ4v) is 5.34. The summed E-state index contributed by atoms with van der Waals surface area (Å²) >= 11 is 0. The van der Waals surface area contributed by atoms with Crippen LogP contribution in [0.1, 0.15) is 25.7 Å². The maximum atomic E-state index is 12.9. The molecule has 4 N–H and O–H groups in total. The SMILES string of the molecule is O=C(Nc1ccc(-c2cc3c(N4CCOCC4)ncnc3[nH]2)cc1)C1(O)CCC2(CC1)CNC2. The highest BCUT2D eigenvalue weighted by atomic mass is 16.5. The van der Waals surface area contributed by atoms with Crippen LogP contribution in [0.3, 0.4) is 0 Å². The summed E-state index contributed by atoms with van der Waals surface area (Å²) in [6.07, 6.45) is 4.39. The summed E-state index contributed by atoms with van der Waals surface area (Å²) in [6, 6.07) is 9.74. The minimum atomic E-state index is -1.29. The number of aliphatic hydroxyl groups is 1. The molecule has 2 saturated heterocycles. The quantitative estimate of drug-likeness (QED) is 0.470. The lowest BCUT2D eigenvalue weighted by Crippen LogP contribution is -2.58. The Bertz CT molecular complexity index is 1190.